The molecule has 60 valence electrons. The number of hydrogen-bond acceptors (Lipinski definition) is 1. The van der Waals surface area contributed by atoms with Crippen molar-refractivity contribution in [2.24, 2.45) is 11.8 Å². The van der Waals surface area contributed by atoms with Gasteiger partial charge in [0.1, 0.15) is 0 Å². The number of fused-ring (bicyclic) bond motifs is 2. The second kappa shape index (κ2) is 1.98. The molecule has 0 bridgehead atoms. The molecule has 3 rings (SSSR count). The molecule has 2 aliphatic rings. The average Bonchev–Trinajstić information content (AvgIpc) is 2.79. The van der Waals surface area contributed by atoms with E-state index in [0.717, 1.165) is 11.8 Å². The molecule has 1 saturated carbocycles. The van der Waals surface area contributed by atoms with Crippen LogP contribution in [-0.2, 0) is 0 Å². The minimum absolute atomic E-state index is 0.834. The van der Waals surface area contributed by atoms with Crippen LogP contribution < -0.4 is 10.4 Å². The van der Waals surface area contributed by atoms with Gasteiger partial charge in [0, 0.05) is 12.4 Å². The molecule has 0 aliphatic heterocycles. The van der Waals surface area contributed by atoms with E-state index in [-0.39, 0.29) is 0 Å². The Hall–Kier alpha value is -1.11. The second-order valence-electron chi connectivity index (χ2n) is 3.86. The molecule has 12 heavy (non-hydrogen) atoms. The van der Waals surface area contributed by atoms with Gasteiger partial charge in [-0.1, -0.05) is 12.2 Å². The third kappa shape index (κ3) is 0.765. The summed E-state index contributed by atoms with van der Waals surface area (Å²) in [6, 6.07) is 0. The van der Waals surface area contributed by atoms with E-state index in [1.54, 1.807) is 0 Å². The van der Waals surface area contributed by atoms with Crippen molar-refractivity contribution in [3.8, 4) is 0 Å². The Morgan fingerprint density at radius 3 is 3.00 bits per heavy atom. The van der Waals surface area contributed by atoms with Crippen molar-refractivity contribution in [3.05, 3.63) is 28.4 Å². The zero-order valence-electron chi connectivity index (χ0n) is 7.12. The van der Waals surface area contributed by atoms with Gasteiger partial charge in [-0.2, -0.15) is 0 Å². The third-order valence-electron chi connectivity index (χ3n) is 2.88. The van der Waals surface area contributed by atoms with Gasteiger partial charge in [0.2, 0.25) is 0 Å². The van der Waals surface area contributed by atoms with E-state index in [1.165, 1.54) is 22.4 Å². The molecule has 2 unspecified atom stereocenters. The third-order valence-corrected chi connectivity index (χ3v) is 2.88. The van der Waals surface area contributed by atoms with Crippen LogP contribution in [0, 0.1) is 18.8 Å². The number of pyridine rings is 1. The highest BCUT2D eigenvalue weighted by atomic mass is 14.6. The molecule has 1 aromatic rings. The van der Waals surface area contributed by atoms with Crippen molar-refractivity contribution in [2.45, 2.75) is 13.3 Å². The van der Waals surface area contributed by atoms with Gasteiger partial charge in [-0.05, 0) is 41.2 Å². The van der Waals surface area contributed by atoms with Crippen LogP contribution in [-0.4, -0.2) is 4.98 Å². The highest BCUT2D eigenvalue weighted by Gasteiger charge is 2.34. The van der Waals surface area contributed by atoms with Crippen LogP contribution in [0.15, 0.2) is 12.4 Å². The highest BCUT2D eigenvalue weighted by Crippen LogP contribution is 2.41. The number of nitrogens with zero attached hydrogens (tertiary/aromatic N) is 1. The lowest BCUT2D eigenvalue weighted by Crippen LogP contribution is -2.30. The highest BCUT2D eigenvalue weighted by molar-refractivity contribution is 5.50. The summed E-state index contributed by atoms with van der Waals surface area (Å²) in [6.07, 6.45) is 10.1. The quantitative estimate of drug-likeness (QED) is 0.537. The van der Waals surface area contributed by atoms with E-state index < -0.39 is 0 Å². The number of aryl methyl sites for hydroxylation is 1. The molecule has 1 aromatic heterocycles. The molecule has 0 amide bonds. The van der Waals surface area contributed by atoms with E-state index in [0.29, 0.717) is 0 Å². The van der Waals surface area contributed by atoms with E-state index in [4.69, 9.17) is 0 Å². The van der Waals surface area contributed by atoms with Gasteiger partial charge in [-0.15, -0.1) is 0 Å². The Labute approximate surface area is 71.4 Å². The van der Waals surface area contributed by atoms with Crippen LogP contribution in [0.1, 0.15) is 12.0 Å². The Morgan fingerprint density at radius 1 is 1.25 bits per heavy atom. The molecular weight excluding hydrogens is 146 g/mol. The van der Waals surface area contributed by atoms with Crippen LogP contribution in [0.3, 0.4) is 0 Å². The van der Waals surface area contributed by atoms with Crippen LogP contribution in [0.2, 0.25) is 0 Å². The molecule has 0 saturated heterocycles. The average molecular weight is 157 g/mol. The Kier molecular flexibility index (Phi) is 1.06. The second-order valence-corrected chi connectivity index (χ2v) is 3.86. The SMILES string of the molecule is Cc1cncc2c1=CC1CC1C=2. The van der Waals surface area contributed by atoms with Gasteiger partial charge in [0.15, 0.2) is 0 Å². The molecule has 0 spiro atoms. The first-order valence-corrected chi connectivity index (χ1v) is 4.49. The molecule has 1 fully saturated rings. The Morgan fingerprint density at radius 2 is 2.08 bits per heavy atom. The minimum Gasteiger partial charge on any atom is -0.264 e. The molecule has 1 nitrogen and oxygen atoms in total. The number of rotatable bonds is 0. The largest absolute Gasteiger partial charge is 0.264 e. The van der Waals surface area contributed by atoms with E-state index in [9.17, 15) is 0 Å². The molecule has 1 heteroatoms. The molecule has 0 aromatic carbocycles. The predicted octanol–water partition coefficient (Wildman–Crippen LogP) is 0.601. The summed E-state index contributed by atoms with van der Waals surface area (Å²) in [5, 5.41) is 2.76. The van der Waals surface area contributed by atoms with Crippen molar-refractivity contribution in [1.29, 1.82) is 0 Å². The zero-order chi connectivity index (χ0) is 8.13. The van der Waals surface area contributed by atoms with Crippen LogP contribution in [0.25, 0.3) is 12.2 Å². The maximum atomic E-state index is 4.20. The van der Waals surface area contributed by atoms with Crippen LogP contribution in [0.5, 0.6) is 0 Å². The van der Waals surface area contributed by atoms with Gasteiger partial charge in [0.25, 0.3) is 0 Å². The standard InChI is InChI=1S/C11H11N/c1-7-5-12-6-10-3-8-2-9(8)4-11(7)10/h3-6,8-9H,2H2,1H3. The number of aromatic nitrogens is 1. The topological polar surface area (TPSA) is 12.9 Å². The monoisotopic (exact) mass is 157 g/mol. The van der Waals surface area contributed by atoms with Crippen molar-refractivity contribution in [1.82, 2.24) is 4.98 Å². The van der Waals surface area contributed by atoms with Gasteiger partial charge in [-0.25, -0.2) is 0 Å². The van der Waals surface area contributed by atoms with Crippen LogP contribution in [0.4, 0.5) is 0 Å². The lowest BCUT2D eigenvalue weighted by molar-refractivity contribution is 1.04. The van der Waals surface area contributed by atoms with Crippen molar-refractivity contribution in [2.75, 3.05) is 0 Å². The molecule has 2 aliphatic carbocycles. The first kappa shape index (κ1) is 6.41. The van der Waals surface area contributed by atoms with Crippen molar-refractivity contribution in [3.63, 3.8) is 0 Å². The van der Waals surface area contributed by atoms with E-state index in [2.05, 4.69) is 24.1 Å². The Balaban J connectivity index is 2.44. The van der Waals surface area contributed by atoms with E-state index >= 15 is 0 Å². The smallest absolute Gasteiger partial charge is 0.0343 e. The predicted molar refractivity (Wildman–Crippen MR) is 48.8 cm³/mol. The fourth-order valence-electron chi connectivity index (χ4n) is 2.02. The van der Waals surface area contributed by atoms with Gasteiger partial charge < -0.3 is 0 Å². The summed E-state index contributed by atoms with van der Waals surface area (Å²) in [5.74, 6) is 1.68. The molecule has 0 radical (unpaired) electrons. The summed E-state index contributed by atoms with van der Waals surface area (Å²) >= 11 is 0. The van der Waals surface area contributed by atoms with Gasteiger partial charge >= 0.3 is 0 Å². The molecule has 1 heterocycles. The fraction of sp³-hybridized carbons (Fsp3) is 0.364. The van der Waals surface area contributed by atoms with Gasteiger partial charge in [0.05, 0.1) is 0 Å². The summed E-state index contributed by atoms with van der Waals surface area (Å²) < 4.78 is 0. The van der Waals surface area contributed by atoms with Crippen molar-refractivity contribution >= 4 is 12.2 Å². The maximum absolute atomic E-state index is 4.20. The lowest BCUT2D eigenvalue weighted by Gasteiger charge is -2.00. The Bertz CT molecular complexity index is 445. The minimum atomic E-state index is 0.834. The van der Waals surface area contributed by atoms with Crippen LogP contribution >= 0.6 is 0 Å². The maximum Gasteiger partial charge on any atom is 0.0343 e. The number of hydrogen-bond donors (Lipinski definition) is 0. The molecular formula is C11H11N. The lowest BCUT2D eigenvalue weighted by atomic mass is 10.1. The van der Waals surface area contributed by atoms with E-state index in [1.807, 2.05) is 12.4 Å². The summed E-state index contributed by atoms with van der Waals surface area (Å²) in [6.45, 7) is 2.14. The summed E-state index contributed by atoms with van der Waals surface area (Å²) in [5.41, 5.74) is 1.31. The van der Waals surface area contributed by atoms with Gasteiger partial charge in [-0.3, -0.25) is 4.98 Å². The molecule has 0 N–H and O–H groups in total. The first-order valence-electron chi connectivity index (χ1n) is 4.49. The van der Waals surface area contributed by atoms with Crippen molar-refractivity contribution < 1.29 is 0 Å². The zero-order valence-corrected chi connectivity index (χ0v) is 7.12. The first-order chi connectivity index (χ1) is 5.84. The molecule has 2 atom stereocenters. The summed E-state index contributed by atoms with van der Waals surface area (Å²) in [7, 11) is 0. The summed E-state index contributed by atoms with van der Waals surface area (Å²) in [4.78, 5) is 4.20. The normalized spacial score (nSPS) is 29.4. The fourth-order valence-corrected chi connectivity index (χ4v) is 2.02.